The van der Waals surface area contributed by atoms with Crippen LogP contribution in [0.5, 0.6) is 0 Å². The number of nitrogens with two attached hydrogens (primary N) is 1. The number of benzene rings is 1. The molecule has 0 radical (unpaired) electrons. The van der Waals surface area contributed by atoms with Crippen LogP contribution in [0.15, 0.2) is 18.2 Å². The Bertz CT molecular complexity index is 569. The van der Waals surface area contributed by atoms with Crippen LogP contribution in [0.4, 0.5) is 5.69 Å². The summed E-state index contributed by atoms with van der Waals surface area (Å²) < 4.78 is 0. The predicted octanol–water partition coefficient (Wildman–Crippen LogP) is 3.16. The molecule has 1 aromatic carbocycles. The van der Waals surface area contributed by atoms with Crippen LogP contribution in [0.3, 0.4) is 0 Å². The van der Waals surface area contributed by atoms with Crippen molar-refractivity contribution in [2.75, 3.05) is 5.32 Å². The molecule has 2 amide bonds. The Morgan fingerprint density at radius 3 is 2.54 bits per heavy atom. The molecule has 6 heteroatoms. The second kappa shape index (κ2) is 9.64. The molecule has 0 aromatic heterocycles. The summed E-state index contributed by atoms with van der Waals surface area (Å²) in [6.07, 6.45) is 5.58. The third-order valence-corrected chi connectivity index (χ3v) is 4.28. The van der Waals surface area contributed by atoms with Gasteiger partial charge in [0, 0.05) is 29.8 Å². The summed E-state index contributed by atoms with van der Waals surface area (Å²) in [5.74, 6) is -0.0802. The zero-order valence-corrected chi connectivity index (χ0v) is 15.2. The lowest BCUT2D eigenvalue weighted by Gasteiger charge is -2.14. The molecule has 1 unspecified atom stereocenters. The van der Waals surface area contributed by atoms with Crippen molar-refractivity contribution < 1.29 is 9.59 Å². The Balaban J connectivity index is 0.00000288. The van der Waals surface area contributed by atoms with Crippen molar-refractivity contribution in [2.45, 2.75) is 64.5 Å². The molecule has 4 N–H and O–H groups in total. The maximum atomic E-state index is 12.3. The van der Waals surface area contributed by atoms with E-state index in [2.05, 4.69) is 10.6 Å². The highest BCUT2D eigenvalue weighted by molar-refractivity contribution is 5.96. The quantitative estimate of drug-likeness (QED) is 0.734. The number of anilines is 1. The summed E-state index contributed by atoms with van der Waals surface area (Å²) in [6.45, 7) is 3.78. The van der Waals surface area contributed by atoms with E-state index in [-0.39, 0.29) is 30.3 Å². The molecule has 2 rings (SSSR count). The maximum absolute atomic E-state index is 12.3. The van der Waals surface area contributed by atoms with Crippen LogP contribution < -0.4 is 16.4 Å². The molecule has 0 saturated heterocycles. The number of aryl methyl sites for hydroxylation is 1. The van der Waals surface area contributed by atoms with Crippen molar-refractivity contribution >= 4 is 29.9 Å². The molecule has 1 aliphatic carbocycles. The van der Waals surface area contributed by atoms with Crippen molar-refractivity contribution in [3.8, 4) is 0 Å². The van der Waals surface area contributed by atoms with E-state index in [0.29, 0.717) is 24.4 Å². The van der Waals surface area contributed by atoms with Gasteiger partial charge >= 0.3 is 0 Å². The number of amides is 2. The first-order chi connectivity index (χ1) is 11.0. The molecule has 0 aliphatic heterocycles. The summed E-state index contributed by atoms with van der Waals surface area (Å²) in [5.41, 5.74) is 7.94. The first-order valence-corrected chi connectivity index (χ1v) is 8.42. The standard InChI is InChI=1S/C18H27N3O2.ClH/c1-12-11-14(18(23)20-15-5-3-4-6-15)8-9-16(12)21-17(22)10-7-13(2)19;/h8-9,11,13,15H,3-7,10,19H2,1-2H3,(H,20,23)(H,21,22);1H. The Morgan fingerprint density at radius 1 is 1.29 bits per heavy atom. The zero-order chi connectivity index (χ0) is 16.8. The monoisotopic (exact) mass is 353 g/mol. The van der Waals surface area contributed by atoms with Crippen molar-refractivity contribution in [3.63, 3.8) is 0 Å². The Morgan fingerprint density at radius 2 is 1.96 bits per heavy atom. The Labute approximate surface area is 150 Å². The molecule has 5 nitrogen and oxygen atoms in total. The third-order valence-electron chi connectivity index (χ3n) is 4.28. The molecule has 0 spiro atoms. The van der Waals surface area contributed by atoms with Gasteiger partial charge in [-0.05, 0) is 56.9 Å². The Hall–Kier alpha value is -1.59. The summed E-state index contributed by atoms with van der Waals surface area (Å²) in [6, 6.07) is 5.70. The molecule has 0 heterocycles. The number of carbonyl (C=O) groups excluding carboxylic acids is 2. The molecule has 1 atom stereocenters. The average Bonchev–Trinajstić information content (AvgIpc) is 3.00. The zero-order valence-electron chi connectivity index (χ0n) is 14.4. The second-order valence-corrected chi connectivity index (χ2v) is 6.55. The van der Waals surface area contributed by atoms with E-state index in [1.54, 1.807) is 12.1 Å². The van der Waals surface area contributed by atoms with Gasteiger partial charge < -0.3 is 16.4 Å². The van der Waals surface area contributed by atoms with Gasteiger partial charge in [0.1, 0.15) is 0 Å². The fourth-order valence-corrected chi connectivity index (χ4v) is 2.86. The number of halogens is 1. The number of carbonyl (C=O) groups is 2. The van der Waals surface area contributed by atoms with Crippen molar-refractivity contribution in [2.24, 2.45) is 5.73 Å². The van der Waals surface area contributed by atoms with Gasteiger partial charge in [-0.15, -0.1) is 12.4 Å². The van der Waals surface area contributed by atoms with Crippen molar-refractivity contribution in [1.82, 2.24) is 5.32 Å². The largest absolute Gasteiger partial charge is 0.349 e. The van der Waals surface area contributed by atoms with Crippen LogP contribution in [0.25, 0.3) is 0 Å². The van der Waals surface area contributed by atoms with Gasteiger partial charge in [-0.3, -0.25) is 9.59 Å². The molecule has 24 heavy (non-hydrogen) atoms. The number of nitrogens with one attached hydrogen (secondary N) is 2. The van der Waals surface area contributed by atoms with Crippen LogP contribution in [-0.2, 0) is 4.79 Å². The highest BCUT2D eigenvalue weighted by atomic mass is 35.5. The fraction of sp³-hybridized carbons (Fsp3) is 0.556. The minimum absolute atomic E-state index is 0. The molecular formula is C18H28ClN3O2. The van der Waals surface area contributed by atoms with Gasteiger partial charge in [-0.25, -0.2) is 0 Å². The molecule has 1 fully saturated rings. The number of rotatable bonds is 6. The fourth-order valence-electron chi connectivity index (χ4n) is 2.86. The van der Waals surface area contributed by atoms with Crippen molar-refractivity contribution in [1.29, 1.82) is 0 Å². The van der Waals surface area contributed by atoms with E-state index in [9.17, 15) is 9.59 Å². The smallest absolute Gasteiger partial charge is 0.251 e. The van der Waals surface area contributed by atoms with Gasteiger partial charge in [-0.2, -0.15) is 0 Å². The maximum Gasteiger partial charge on any atom is 0.251 e. The topological polar surface area (TPSA) is 84.2 Å². The minimum atomic E-state index is -0.0476. The van der Waals surface area contributed by atoms with Gasteiger partial charge in [0.05, 0.1) is 0 Å². The highest BCUT2D eigenvalue weighted by Gasteiger charge is 2.18. The van der Waals surface area contributed by atoms with E-state index in [1.165, 1.54) is 12.8 Å². The molecule has 134 valence electrons. The van der Waals surface area contributed by atoms with Crippen LogP contribution in [-0.4, -0.2) is 23.9 Å². The minimum Gasteiger partial charge on any atom is -0.349 e. The lowest BCUT2D eigenvalue weighted by atomic mass is 10.1. The van der Waals surface area contributed by atoms with Gasteiger partial charge in [-0.1, -0.05) is 12.8 Å². The SMILES string of the molecule is Cc1cc(C(=O)NC2CCCC2)ccc1NC(=O)CCC(C)N.Cl. The summed E-state index contributed by atoms with van der Waals surface area (Å²) >= 11 is 0. The lowest BCUT2D eigenvalue weighted by molar-refractivity contribution is -0.116. The number of hydrogen-bond donors (Lipinski definition) is 3. The van der Waals surface area contributed by atoms with Gasteiger partial charge in [0.2, 0.25) is 5.91 Å². The first-order valence-electron chi connectivity index (χ1n) is 8.42. The van der Waals surface area contributed by atoms with E-state index >= 15 is 0 Å². The normalized spacial score (nSPS) is 15.5. The van der Waals surface area contributed by atoms with E-state index in [4.69, 9.17) is 5.73 Å². The van der Waals surface area contributed by atoms with E-state index in [0.717, 1.165) is 24.1 Å². The van der Waals surface area contributed by atoms with Crippen molar-refractivity contribution in [3.05, 3.63) is 29.3 Å². The first kappa shape index (κ1) is 20.5. The third kappa shape index (κ3) is 6.13. The van der Waals surface area contributed by atoms with Crippen LogP contribution >= 0.6 is 12.4 Å². The van der Waals surface area contributed by atoms with Crippen LogP contribution in [0, 0.1) is 6.92 Å². The number of hydrogen-bond acceptors (Lipinski definition) is 3. The summed E-state index contributed by atoms with van der Waals surface area (Å²) in [4.78, 5) is 24.1. The van der Waals surface area contributed by atoms with Gasteiger partial charge in [0.15, 0.2) is 0 Å². The van der Waals surface area contributed by atoms with E-state index in [1.807, 2.05) is 19.9 Å². The second-order valence-electron chi connectivity index (χ2n) is 6.55. The van der Waals surface area contributed by atoms with Crippen LogP contribution in [0.2, 0.25) is 0 Å². The highest BCUT2D eigenvalue weighted by Crippen LogP contribution is 2.20. The summed E-state index contributed by atoms with van der Waals surface area (Å²) in [5, 5.41) is 5.95. The van der Waals surface area contributed by atoms with Crippen LogP contribution in [0.1, 0.15) is 61.4 Å². The average molecular weight is 354 g/mol. The molecular weight excluding hydrogens is 326 g/mol. The lowest BCUT2D eigenvalue weighted by Crippen LogP contribution is -2.32. The summed E-state index contributed by atoms with van der Waals surface area (Å²) in [7, 11) is 0. The molecule has 1 aliphatic rings. The Kier molecular flexibility index (Phi) is 8.22. The molecule has 1 aromatic rings. The molecule has 0 bridgehead atoms. The predicted molar refractivity (Wildman–Crippen MR) is 99.7 cm³/mol. The van der Waals surface area contributed by atoms with Gasteiger partial charge in [0.25, 0.3) is 5.91 Å². The molecule has 1 saturated carbocycles. The van der Waals surface area contributed by atoms with E-state index < -0.39 is 0 Å².